The molecule has 17 unspecified atom stereocenters. The molecule has 0 spiro atoms. The molecule has 0 aromatic heterocycles. The van der Waals surface area contributed by atoms with Crippen LogP contribution in [0.5, 0.6) is 0 Å². The van der Waals surface area contributed by atoms with Crippen molar-refractivity contribution in [2.75, 3.05) is 26.4 Å². The number of unbranched alkanes of at least 4 members (excludes halogenated alkanes) is 45. The number of nitrogens with one attached hydrogen (secondary N) is 1. The van der Waals surface area contributed by atoms with Crippen LogP contribution >= 0.6 is 0 Å². The number of aliphatic hydroxyl groups excluding tert-OH is 11. The second kappa shape index (κ2) is 63.7. The SMILES string of the molecule is CCCCCCCCCC/C=C\CCCCCCCCCCCCCCCC(=O)NC(COC1OC(CO)C(OC2OC(CO)C(OC3OC(CO)C(O)C(O)C3O)C(O)C2O)C(O)C1O)C(O)/C=C/CC/C=C/CC/C=C/CCCCCCCCCCCCCCCCCCCCCCCC. The minimum atomic E-state index is -1.98. The monoisotopic (exact) mass is 1450 g/mol. The van der Waals surface area contributed by atoms with Gasteiger partial charge in [-0.2, -0.15) is 0 Å². The topological polar surface area (TPSA) is 307 Å². The first-order chi connectivity index (χ1) is 49.8. The van der Waals surface area contributed by atoms with Crippen molar-refractivity contribution in [3.63, 3.8) is 0 Å². The van der Waals surface area contributed by atoms with Gasteiger partial charge in [-0.25, -0.2) is 0 Å². The minimum absolute atomic E-state index is 0.233. The molecule has 0 aromatic rings. The lowest BCUT2D eigenvalue weighted by Crippen LogP contribution is -2.66. The standard InChI is InChI=1S/C83H153NO18/c1-3-5-7-9-11-13-15-17-19-21-23-25-27-29-30-31-32-33-34-35-37-38-40-42-44-46-48-50-52-54-56-58-60-67(88)66(84-71(89)61-59-57-55-53-51-49-47-45-43-41-39-36-28-26-24-22-20-18-16-14-12-10-8-6-4-2)65-97-81-77(95)74(92)79(69(63-86)99-81)102-83-78(96)75(93)80(70(64-87)100-83)101-82-76(94)73(91)72(90)68(62-85)98-82/h22,24,42,44,50,52,58,60,66-70,72-83,85-88,90-96H,3-21,23,25-41,43,45-49,51,53-57,59,61-65H2,1-2H3,(H,84,89)/b24-22-,44-42+,52-50+,60-58+. The Morgan fingerprint density at radius 3 is 0.980 bits per heavy atom. The maximum absolute atomic E-state index is 13.5. The Hall–Kier alpha value is -2.25. The molecule has 17 atom stereocenters. The summed E-state index contributed by atoms with van der Waals surface area (Å²) in [6.07, 6.45) is 54.0. The molecule has 3 fully saturated rings. The highest BCUT2D eigenvalue weighted by atomic mass is 16.8. The number of aliphatic hydroxyl groups is 11. The summed E-state index contributed by atoms with van der Waals surface area (Å²) in [6.45, 7) is 1.76. The van der Waals surface area contributed by atoms with Gasteiger partial charge in [-0.1, -0.05) is 313 Å². The largest absolute Gasteiger partial charge is 0.394 e. The van der Waals surface area contributed by atoms with Crippen LogP contribution in [-0.4, -0.2) is 193 Å². The van der Waals surface area contributed by atoms with Crippen LogP contribution in [0.1, 0.15) is 341 Å². The fourth-order valence-corrected chi connectivity index (χ4v) is 14.1. The molecule has 0 aromatic carbocycles. The predicted octanol–water partition coefficient (Wildman–Crippen LogP) is 14.5. The summed E-state index contributed by atoms with van der Waals surface area (Å²) in [6, 6.07) is -0.999. The first-order valence-corrected chi connectivity index (χ1v) is 41.9. The Morgan fingerprint density at radius 1 is 0.343 bits per heavy atom. The third-order valence-electron chi connectivity index (χ3n) is 20.8. The van der Waals surface area contributed by atoms with Crippen LogP contribution in [0, 0.1) is 0 Å². The van der Waals surface area contributed by atoms with Gasteiger partial charge in [0.15, 0.2) is 18.9 Å². The van der Waals surface area contributed by atoms with E-state index in [1.807, 2.05) is 6.08 Å². The lowest BCUT2D eigenvalue weighted by Gasteiger charge is -2.48. The van der Waals surface area contributed by atoms with Crippen LogP contribution in [0.25, 0.3) is 0 Å². The molecule has 0 radical (unpaired) electrons. The van der Waals surface area contributed by atoms with Crippen LogP contribution in [0.2, 0.25) is 0 Å². The van der Waals surface area contributed by atoms with E-state index in [9.17, 15) is 61.0 Å². The Balaban J connectivity index is 1.38. The quantitative estimate of drug-likeness (QED) is 0.0199. The molecule has 3 rings (SSSR count). The average molecular weight is 1450 g/mol. The summed E-state index contributed by atoms with van der Waals surface area (Å²) in [5.41, 5.74) is 0. The van der Waals surface area contributed by atoms with Gasteiger partial charge in [-0.3, -0.25) is 4.79 Å². The molecule has 3 aliphatic rings. The summed E-state index contributed by atoms with van der Waals surface area (Å²) in [5, 5.41) is 121. The number of hydrogen-bond acceptors (Lipinski definition) is 18. The fraction of sp³-hybridized carbons (Fsp3) is 0.892. The number of carbonyl (C=O) groups is 1. The maximum Gasteiger partial charge on any atom is 0.220 e. The van der Waals surface area contributed by atoms with Gasteiger partial charge in [0.1, 0.15) is 73.2 Å². The van der Waals surface area contributed by atoms with Gasteiger partial charge < -0.3 is 89.9 Å². The van der Waals surface area contributed by atoms with Crippen LogP contribution < -0.4 is 5.32 Å². The Morgan fingerprint density at radius 2 is 0.627 bits per heavy atom. The second-order valence-corrected chi connectivity index (χ2v) is 29.9. The van der Waals surface area contributed by atoms with Crippen LogP contribution in [0.3, 0.4) is 0 Å². The maximum atomic E-state index is 13.5. The van der Waals surface area contributed by atoms with Gasteiger partial charge in [-0.15, -0.1) is 0 Å². The summed E-state index contributed by atoms with van der Waals surface area (Å²) >= 11 is 0. The lowest BCUT2D eigenvalue weighted by molar-refractivity contribution is -0.379. The van der Waals surface area contributed by atoms with E-state index < -0.39 is 124 Å². The second-order valence-electron chi connectivity index (χ2n) is 29.9. The van der Waals surface area contributed by atoms with Crippen molar-refractivity contribution in [2.45, 2.75) is 446 Å². The Bertz CT molecular complexity index is 2030. The molecule has 3 heterocycles. The summed E-state index contributed by atoms with van der Waals surface area (Å²) in [5.74, 6) is -0.285. The molecule has 19 nitrogen and oxygen atoms in total. The highest BCUT2D eigenvalue weighted by Crippen LogP contribution is 2.33. The molecule has 102 heavy (non-hydrogen) atoms. The van der Waals surface area contributed by atoms with E-state index >= 15 is 0 Å². The molecule has 3 aliphatic heterocycles. The molecule has 598 valence electrons. The van der Waals surface area contributed by atoms with Gasteiger partial charge in [0.2, 0.25) is 5.91 Å². The van der Waals surface area contributed by atoms with Crippen LogP contribution in [0.4, 0.5) is 0 Å². The van der Waals surface area contributed by atoms with Crippen molar-refractivity contribution in [3.8, 4) is 0 Å². The highest BCUT2D eigenvalue weighted by molar-refractivity contribution is 5.76. The third-order valence-corrected chi connectivity index (χ3v) is 20.8. The first-order valence-electron chi connectivity index (χ1n) is 41.9. The minimum Gasteiger partial charge on any atom is -0.394 e. The summed E-state index contributed by atoms with van der Waals surface area (Å²) in [4.78, 5) is 13.5. The highest BCUT2D eigenvalue weighted by Gasteiger charge is 2.54. The number of hydrogen-bond donors (Lipinski definition) is 12. The first kappa shape index (κ1) is 94.0. The average Bonchev–Trinajstić information content (AvgIpc) is 0.781. The smallest absolute Gasteiger partial charge is 0.220 e. The Kier molecular flexibility index (Phi) is 58.6. The zero-order valence-electron chi connectivity index (χ0n) is 64.1. The van der Waals surface area contributed by atoms with E-state index in [1.54, 1.807) is 6.08 Å². The van der Waals surface area contributed by atoms with Crippen molar-refractivity contribution < 1.29 is 89.4 Å². The Labute approximate surface area is 618 Å². The van der Waals surface area contributed by atoms with E-state index in [0.29, 0.717) is 12.8 Å². The van der Waals surface area contributed by atoms with Crippen molar-refractivity contribution in [2.24, 2.45) is 0 Å². The number of allylic oxidation sites excluding steroid dienone is 7. The van der Waals surface area contributed by atoms with Crippen molar-refractivity contribution in [3.05, 3.63) is 48.6 Å². The van der Waals surface area contributed by atoms with Gasteiger partial charge in [0.25, 0.3) is 0 Å². The van der Waals surface area contributed by atoms with Gasteiger partial charge >= 0.3 is 0 Å². The molecule has 1 amide bonds. The number of carbonyl (C=O) groups excluding carboxylic acids is 1. The molecule has 12 N–H and O–H groups in total. The van der Waals surface area contributed by atoms with Gasteiger partial charge in [0.05, 0.1) is 38.6 Å². The van der Waals surface area contributed by atoms with Crippen LogP contribution in [0.15, 0.2) is 48.6 Å². The van der Waals surface area contributed by atoms with E-state index in [1.165, 1.54) is 263 Å². The van der Waals surface area contributed by atoms with Crippen molar-refractivity contribution >= 4 is 5.91 Å². The molecule has 0 bridgehead atoms. The third kappa shape index (κ3) is 43.1. The van der Waals surface area contributed by atoms with E-state index in [4.69, 9.17) is 28.4 Å². The zero-order chi connectivity index (χ0) is 73.9. The normalized spacial score (nSPS) is 26.4. The van der Waals surface area contributed by atoms with Crippen molar-refractivity contribution in [1.82, 2.24) is 5.32 Å². The van der Waals surface area contributed by atoms with E-state index in [0.717, 1.165) is 44.9 Å². The zero-order valence-corrected chi connectivity index (χ0v) is 64.1. The number of amides is 1. The van der Waals surface area contributed by atoms with Gasteiger partial charge in [0, 0.05) is 6.42 Å². The fourth-order valence-electron chi connectivity index (χ4n) is 14.1. The molecule has 0 aliphatic carbocycles. The molecule has 3 saturated heterocycles. The number of ether oxygens (including phenoxy) is 6. The molecule has 19 heteroatoms. The summed E-state index contributed by atoms with van der Waals surface area (Å²) < 4.78 is 34.4. The number of rotatable bonds is 67. The predicted molar refractivity (Wildman–Crippen MR) is 406 cm³/mol. The van der Waals surface area contributed by atoms with Gasteiger partial charge in [-0.05, 0) is 70.6 Å². The van der Waals surface area contributed by atoms with Crippen LogP contribution in [-0.2, 0) is 33.2 Å². The molecular formula is C83H153NO18. The van der Waals surface area contributed by atoms with Crippen molar-refractivity contribution in [1.29, 1.82) is 0 Å². The van der Waals surface area contributed by atoms with E-state index in [-0.39, 0.29) is 18.9 Å². The molecule has 0 saturated carbocycles. The summed E-state index contributed by atoms with van der Waals surface area (Å²) in [7, 11) is 0. The lowest BCUT2D eigenvalue weighted by atomic mass is 9.96. The van der Waals surface area contributed by atoms with E-state index in [2.05, 4.69) is 55.6 Å². The molecular weight excluding hydrogens is 1300 g/mol.